The molecule has 4 rings (SSSR count). The highest BCUT2D eigenvalue weighted by Crippen LogP contribution is 2.33. The van der Waals surface area contributed by atoms with Crippen molar-refractivity contribution in [3.05, 3.63) is 34.2 Å². The number of rotatable bonds is 4. The molecule has 6 heteroatoms. The summed E-state index contributed by atoms with van der Waals surface area (Å²) in [6, 6.07) is 6.61. The molecule has 1 saturated heterocycles. The maximum absolute atomic E-state index is 12.4. The second-order valence-corrected chi connectivity index (χ2v) is 8.01. The van der Waals surface area contributed by atoms with Crippen molar-refractivity contribution in [1.29, 1.82) is 0 Å². The number of aryl methyl sites for hydroxylation is 3. The maximum Gasteiger partial charge on any atom is 0.255 e. The van der Waals surface area contributed by atoms with Gasteiger partial charge in [-0.05, 0) is 56.2 Å². The Morgan fingerprint density at radius 3 is 3.00 bits per heavy atom. The molecule has 0 saturated carbocycles. The summed E-state index contributed by atoms with van der Waals surface area (Å²) in [5.74, 6) is -0.120. The van der Waals surface area contributed by atoms with Crippen molar-refractivity contribution < 1.29 is 9.53 Å². The zero-order valence-corrected chi connectivity index (χ0v) is 15.2. The highest BCUT2D eigenvalue weighted by Gasteiger charge is 2.30. The van der Waals surface area contributed by atoms with Gasteiger partial charge in [-0.25, -0.2) is 4.98 Å². The number of carbonyl (C=O) groups excluding carboxylic acids is 1. The number of benzene rings is 1. The summed E-state index contributed by atoms with van der Waals surface area (Å²) in [7, 11) is 0. The summed E-state index contributed by atoms with van der Waals surface area (Å²) >= 11 is 1.51. The topological polar surface area (TPSA) is 77.2 Å². The fraction of sp³-hybridized carbons (Fsp3) is 0.474. The Bertz CT molecular complexity index is 802. The third kappa shape index (κ3) is 3.34. The van der Waals surface area contributed by atoms with Crippen molar-refractivity contribution in [3.63, 3.8) is 0 Å². The van der Waals surface area contributed by atoms with Gasteiger partial charge in [-0.15, -0.1) is 11.3 Å². The molecule has 132 valence electrons. The number of nitrogens with one attached hydrogen (secondary N) is 1. The van der Waals surface area contributed by atoms with Crippen LogP contribution in [0.1, 0.15) is 35.3 Å². The van der Waals surface area contributed by atoms with Crippen LogP contribution >= 0.6 is 11.3 Å². The SMILES string of the molecule is Cc1sc(NC(=O)[C@@H]2CC[C@H](CN)O2)nc1-c1ccc2c(c1)CCC2. The van der Waals surface area contributed by atoms with E-state index >= 15 is 0 Å². The van der Waals surface area contributed by atoms with Crippen LogP contribution in [0.5, 0.6) is 0 Å². The van der Waals surface area contributed by atoms with Gasteiger partial charge < -0.3 is 10.5 Å². The van der Waals surface area contributed by atoms with E-state index in [1.165, 1.54) is 35.3 Å². The summed E-state index contributed by atoms with van der Waals surface area (Å²) < 4.78 is 5.66. The number of nitrogens with zero attached hydrogens (tertiary/aromatic N) is 1. The monoisotopic (exact) mass is 357 g/mol. The molecule has 2 atom stereocenters. The van der Waals surface area contributed by atoms with Gasteiger partial charge in [0.05, 0.1) is 11.8 Å². The van der Waals surface area contributed by atoms with Crippen LogP contribution in [-0.2, 0) is 22.4 Å². The third-order valence-electron chi connectivity index (χ3n) is 5.06. The molecule has 1 amide bonds. The lowest BCUT2D eigenvalue weighted by molar-refractivity contribution is -0.126. The minimum atomic E-state index is -0.416. The lowest BCUT2D eigenvalue weighted by Gasteiger charge is -2.11. The van der Waals surface area contributed by atoms with E-state index in [1.54, 1.807) is 0 Å². The summed E-state index contributed by atoms with van der Waals surface area (Å²) in [6.07, 6.45) is 4.70. The van der Waals surface area contributed by atoms with Crippen molar-refractivity contribution in [3.8, 4) is 11.3 Å². The molecule has 1 fully saturated rings. The number of nitrogens with two attached hydrogens (primary N) is 1. The third-order valence-corrected chi connectivity index (χ3v) is 5.95. The van der Waals surface area contributed by atoms with Crippen LogP contribution in [0.15, 0.2) is 18.2 Å². The van der Waals surface area contributed by atoms with Gasteiger partial charge in [0, 0.05) is 17.0 Å². The predicted octanol–water partition coefficient (Wildman–Crippen LogP) is 3.05. The van der Waals surface area contributed by atoms with Crippen LogP contribution in [0.3, 0.4) is 0 Å². The van der Waals surface area contributed by atoms with Gasteiger partial charge in [0.1, 0.15) is 6.10 Å². The van der Waals surface area contributed by atoms with Crippen molar-refractivity contribution in [2.75, 3.05) is 11.9 Å². The van der Waals surface area contributed by atoms with Gasteiger partial charge in [-0.3, -0.25) is 10.1 Å². The number of ether oxygens (including phenoxy) is 1. The Labute approximate surface area is 151 Å². The molecule has 0 radical (unpaired) electrons. The molecular formula is C19H23N3O2S. The second kappa shape index (κ2) is 6.86. The number of amides is 1. The van der Waals surface area contributed by atoms with E-state index in [2.05, 4.69) is 28.5 Å². The number of anilines is 1. The zero-order chi connectivity index (χ0) is 17.4. The van der Waals surface area contributed by atoms with Crippen molar-refractivity contribution in [1.82, 2.24) is 4.98 Å². The van der Waals surface area contributed by atoms with Gasteiger partial charge in [0.2, 0.25) is 0 Å². The highest BCUT2D eigenvalue weighted by atomic mass is 32.1. The average Bonchev–Trinajstić information content (AvgIpc) is 3.33. The summed E-state index contributed by atoms with van der Waals surface area (Å²) in [5, 5.41) is 3.55. The first kappa shape index (κ1) is 16.7. The first-order valence-electron chi connectivity index (χ1n) is 8.90. The molecular weight excluding hydrogens is 334 g/mol. The highest BCUT2D eigenvalue weighted by molar-refractivity contribution is 7.16. The number of aromatic nitrogens is 1. The van der Waals surface area contributed by atoms with Gasteiger partial charge in [0.15, 0.2) is 5.13 Å². The number of hydrogen-bond acceptors (Lipinski definition) is 5. The molecule has 2 aliphatic rings. The molecule has 0 unspecified atom stereocenters. The van der Waals surface area contributed by atoms with Gasteiger partial charge in [0.25, 0.3) is 5.91 Å². The van der Waals surface area contributed by atoms with Gasteiger partial charge >= 0.3 is 0 Å². The molecule has 3 N–H and O–H groups in total. The van der Waals surface area contributed by atoms with Crippen LogP contribution in [0, 0.1) is 6.92 Å². The molecule has 0 spiro atoms. The van der Waals surface area contributed by atoms with E-state index in [1.807, 2.05) is 6.92 Å². The van der Waals surface area contributed by atoms with E-state index < -0.39 is 6.10 Å². The summed E-state index contributed by atoms with van der Waals surface area (Å²) in [6.45, 7) is 2.51. The first-order valence-corrected chi connectivity index (χ1v) is 9.71. The standard InChI is InChI=1S/C19H23N3O2S/c1-11-17(14-6-5-12-3-2-4-13(12)9-14)21-19(25-11)22-18(23)16-8-7-15(10-20)24-16/h5-6,9,15-16H,2-4,7-8,10,20H2,1H3,(H,21,22,23)/t15-,16+/m1/s1. The normalized spacial score (nSPS) is 22.2. The molecule has 1 aliphatic heterocycles. The Balaban J connectivity index is 1.50. The molecule has 1 aliphatic carbocycles. The quantitative estimate of drug-likeness (QED) is 0.882. The largest absolute Gasteiger partial charge is 0.364 e. The predicted molar refractivity (Wildman–Crippen MR) is 99.9 cm³/mol. The molecule has 0 bridgehead atoms. The number of hydrogen-bond donors (Lipinski definition) is 2. The van der Waals surface area contributed by atoms with Crippen LogP contribution in [0.4, 0.5) is 5.13 Å². The molecule has 2 heterocycles. The Morgan fingerprint density at radius 1 is 1.36 bits per heavy atom. The molecule has 25 heavy (non-hydrogen) atoms. The summed E-state index contributed by atoms with van der Waals surface area (Å²) in [5.41, 5.74) is 10.6. The van der Waals surface area contributed by atoms with Crippen LogP contribution in [-0.4, -0.2) is 29.6 Å². The van der Waals surface area contributed by atoms with Crippen molar-refractivity contribution in [2.45, 2.75) is 51.2 Å². The molecule has 1 aromatic carbocycles. The lowest BCUT2D eigenvalue weighted by Crippen LogP contribution is -2.29. The van der Waals surface area contributed by atoms with Crippen LogP contribution in [0.25, 0.3) is 11.3 Å². The van der Waals surface area contributed by atoms with E-state index in [0.717, 1.165) is 35.4 Å². The van der Waals surface area contributed by atoms with Gasteiger partial charge in [-0.2, -0.15) is 0 Å². The van der Waals surface area contributed by atoms with Crippen LogP contribution < -0.4 is 11.1 Å². The second-order valence-electron chi connectivity index (χ2n) is 6.81. The number of thiazole rings is 1. The fourth-order valence-electron chi connectivity index (χ4n) is 3.69. The summed E-state index contributed by atoms with van der Waals surface area (Å²) in [4.78, 5) is 18.2. The smallest absolute Gasteiger partial charge is 0.255 e. The van der Waals surface area contributed by atoms with E-state index in [0.29, 0.717) is 11.7 Å². The minimum absolute atomic E-state index is 0.00393. The van der Waals surface area contributed by atoms with E-state index in [4.69, 9.17) is 10.5 Å². The Morgan fingerprint density at radius 2 is 2.20 bits per heavy atom. The van der Waals surface area contributed by atoms with Gasteiger partial charge in [-0.1, -0.05) is 12.1 Å². The first-order chi connectivity index (χ1) is 12.1. The number of carbonyl (C=O) groups is 1. The maximum atomic E-state index is 12.4. The Hall–Kier alpha value is -1.76. The lowest BCUT2D eigenvalue weighted by atomic mass is 10.0. The number of fused-ring (bicyclic) bond motifs is 1. The molecule has 2 aromatic rings. The van der Waals surface area contributed by atoms with Crippen molar-refractivity contribution >= 4 is 22.4 Å². The average molecular weight is 357 g/mol. The fourth-order valence-corrected chi connectivity index (χ4v) is 4.53. The minimum Gasteiger partial charge on any atom is -0.364 e. The van der Waals surface area contributed by atoms with Crippen molar-refractivity contribution in [2.24, 2.45) is 5.73 Å². The van der Waals surface area contributed by atoms with E-state index in [9.17, 15) is 4.79 Å². The van der Waals surface area contributed by atoms with E-state index in [-0.39, 0.29) is 12.0 Å². The molecule has 1 aromatic heterocycles. The molecule has 5 nitrogen and oxygen atoms in total. The van der Waals surface area contributed by atoms with Crippen LogP contribution in [0.2, 0.25) is 0 Å². The zero-order valence-electron chi connectivity index (χ0n) is 14.4. The Kier molecular flexibility index (Phi) is 4.58.